The van der Waals surface area contributed by atoms with Gasteiger partial charge >= 0.3 is 0 Å². The van der Waals surface area contributed by atoms with Gasteiger partial charge in [-0.25, -0.2) is 0 Å². The first-order valence-corrected chi connectivity index (χ1v) is 6.43. The van der Waals surface area contributed by atoms with Crippen LogP contribution in [0.2, 0.25) is 0 Å². The molecule has 1 atom stereocenters. The van der Waals surface area contributed by atoms with Crippen molar-refractivity contribution in [2.75, 3.05) is 12.4 Å². The molecule has 4 heteroatoms. The quantitative estimate of drug-likeness (QED) is 0.911. The Hall–Kier alpha value is -2.49. The number of carbonyl (C=O) groups is 1. The number of nitrogens with one attached hydrogen (secondary N) is 1. The van der Waals surface area contributed by atoms with Crippen molar-refractivity contribution in [3.63, 3.8) is 0 Å². The molecule has 1 aliphatic heterocycles. The Labute approximate surface area is 117 Å². The minimum absolute atomic E-state index is 0.121. The molecule has 3 rings (SSSR count). The lowest BCUT2D eigenvalue weighted by atomic mass is 10.0. The van der Waals surface area contributed by atoms with Crippen molar-refractivity contribution in [3.05, 3.63) is 42.5 Å². The summed E-state index contributed by atoms with van der Waals surface area (Å²) in [5.74, 6) is 1.40. The van der Waals surface area contributed by atoms with Gasteiger partial charge in [-0.2, -0.15) is 0 Å². The molecular weight excluding hydrogens is 254 g/mol. The highest BCUT2D eigenvalue weighted by molar-refractivity contribution is 5.98. The van der Waals surface area contributed by atoms with Crippen molar-refractivity contribution in [3.8, 4) is 22.6 Å². The monoisotopic (exact) mass is 269 g/mol. The number of ether oxygens (including phenoxy) is 2. The molecule has 0 saturated heterocycles. The fraction of sp³-hybridized carbons (Fsp3) is 0.188. The normalized spacial score (nSPS) is 16.9. The molecule has 0 saturated carbocycles. The van der Waals surface area contributed by atoms with Crippen LogP contribution in [0.3, 0.4) is 0 Å². The molecule has 20 heavy (non-hydrogen) atoms. The zero-order valence-electron chi connectivity index (χ0n) is 11.3. The van der Waals surface area contributed by atoms with Gasteiger partial charge in [0.15, 0.2) is 6.10 Å². The van der Waals surface area contributed by atoms with E-state index in [2.05, 4.69) is 5.32 Å². The lowest BCUT2D eigenvalue weighted by Gasteiger charge is -2.23. The van der Waals surface area contributed by atoms with E-state index in [1.165, 1.54) is 0 Å². The first-order valence-electron chi connectivity index (χ1n) is 6.43. The lowest BCUT2D eigenvalue weighted by molar-refractivity contribution is -0.122. The summed E-state index contributed by atoms with van der Waals surface area (Å²) < 4.78 is 10.7. The van der Waals surface area contributed by atoms with Crippen LogP contribution < -0.4 is 14.8 Å². The van der Waals surface area contributed by atoms with E-state index in [-0.39, 0.29) is 5.91 Å². The molecule has 0 spiro atoms. The van der Waals surface area contributed by atoms with Crippen LogP contribution in [0.4, 0.5) is 5.69 Å². The number of carbonyl (C=O) groups excluding carboxylic acids is 1. The number of methoxy groups -OCH3 is 1. The largest absolute Gasteiger partial charge is 0.497 e. The maximum Gasteiger partial charge on any atom is 0.265 e. The first kappa shape index (κ1) is 12.5. The van der Waals surface area contributed by atoms with E-state index in [1.807, 2.05) is 42.5 Å². The van der Waals surface area contributed by atoms with Gasteiger partial charge in [-0.1, -0.05) is 18.2 Å². The van der Waals surface area contributed by atoms with Crippen LogP contribution in [0.25, 0.3) is 11.1 Å². The molecule has 0 aromatic heterocycles. The summed E-state index contributed by atoms with van der Waals surface area (Å²) in [6, 6.07) is 13.6. The van der Waals surface area contributed by atoms with E-state index in [0.29, 0.717) is 11.4 Å². The first-order chi connectivity index (χ1) is 9.67. The second kappa shape index (κ2) is 4.89. The maximum absolute atomic E-state index is 11.6. The van der Waals surface area contributed by atoms with Crippen LogP contribution in [0, 0.1) is 0 Å². The van der Waals surface area contributed by atoms with E-state index in [9.17, 15) is 4.79 Å². The number of anilines is 1. The Morgan fingerprint density at radius 2 is 1.80 bits per heavy atom. The summed E-state index contributed by atoms with van der Waals surface area (Å²) in [5.41, 5.74) is 2.78. The number of amides is 1. The second-order valence-corrected chi connectivity index (χ2v) is 4.69. The van der Waals surface area contributed by atoms with Crippen molar-refractivity contribution in [2.24, 2.45) is 0 Å². The molecule has 1 unspecified atom stereocenters. The molecule has 4 nitrogen and oxygen atoms in total. The van der Waals surface area contributed by atoms with Crippen LogP contribution in [0.5, 0.6) is 11.5 Å². The van der Waals surface area contributed by atoms with Gasteiger partial charge < -0.3 is 14.8 Å². The number of rotatable bonds is 2. The lowest BCUT2D eigenvalue weighted by Crippen LogP contribution is -2.34. The minimum Gasteiger partial charge on any atom is -0.497 e. The summed E-state index contributed by atoms with van der Waals surface area (Å²) in [6.45, 7) is 1.73. The molecule has 1 amide bonds. The fourth-order valence-corrected chi connectivity index (χ4v) is 2.17. The van der Waals surface area contributed by atoms with Crippen LogP contribution in [-0.4, -0.2) is 19.1 Å². The topological polar surface area (TPSA) is 47.6 Å². The molecule has 2 aromatic carbocycles. The molecule has 1 N–H and O–H groups in total. The summed E-state index contributed by atoms with van der Waals surface area (Å²) in [6.07, 6.45) is -0.450. The fourth-order valence-electron chi connectivity index (χ4n) is 2.17. The molecule has 0 radical (unpaired) electrons. The summed E-state index contributed by atoms with van der Waals surface area (Å²) in [4.78, 5) is 11.6. The van der Waals surface area contributed by atoms with Gasteiger partial charge in [-0.05, 0) is 42.3 Å². The molecule has 0 bridgehead atoms. The highest BCUT2D eigenvalue weighted by atomic mass is 16.5. The van der Waals surface area contributed by atoms with Gasteiger partial charge in [-0.15, -0.1) is 0 Å². The van der Waals surface area contributed by atoms with Gasteiger partial charge in [0.25, 0.3) is 5.91 Å². The molecule has 102 valence electrons. The second-order valence-electron chi connectivity index (χ2n) is 4.69. The van der Waals surface area contributed by atoms with E-state index in [1.54, 1.807) is 14.0 Å². The summed E-state index contributed by atoms with van der Waals surface area (Å²) >= 11 is 0. The summed E-state index contributed by atoms with van der Waals surface area (Å²) in [5, 5.41) is 2.85. The van der Waals surface area contributed by atoms with Crippen molar-refractivity contribution in [1.82, 2.24) is 0 Å². The number of hydrogen-bond acceptors (Lipinski definition) is 3. The highest BCUT2D eigenvalue weighted by Crippen LogP contribution is 2.34. The average Bonchev–Trinajstić information content (AvgIpc) is 2.48. The predicted octanol–water partition coefficient (Wildman–Crippen LogP) is 3.08. The maximum atomic E-state index is 11.6. The van der Waals surface area contributed by atoms with Gasteiger partial charge in [0.2, 0.25) is 0 Å². The van der Waals surface area contributed by atoms with E-state index < -0.39 is 6.10 Å². The van der Waals surface area contributed by atoms with Crippen molar-refractivity contribution in [1.29, 1.82) is 0 Å². The zero-order chi connectivity index (χ0) is 14.1. The van der Waals surface area contributed by atoms with E-state index in [0.717, 1.165) is 16.9 Å². The number of benzene rings is 2. The van der Waals surface area contributed by atoms with E-state index in [4.69, 9.17) is 9.47 Å². The van der Waals surface area contributed by atoms with Crippen LogP contribution >= 0.6 is 0 Å². The van der Waals surface area contributed by atoms with Crippen molar-refractivity contribution in [2.45, 2.75) is 13.0 Å². The molecule has 2 aromatic rings. The minimum atomic E-state index is -0.450. The third-order valence-corrected chi connectivity index (χ3v) is 3.33. The third-order valence-electron chi connectivity index (χ3n) is 3.33. The predicted molar refractivity (Wildman–Crippen MR) is 77.1 cm³/mol. The van der Waals surface area contributed by atoms with Crippen LogP contribution in [0.1, 0.15) is 6.92 Å². The zero-order valence-corrected chi connectivity index (χ0v) is 11.3. The van der Waals surface area contributed by atoms with Crippen molar-refractivity contribution < 1.29 is 14.3 Å². The molecule has 0 aliphatic carbocycles. The highest BCUT2D eigenvalue weighted by Gasteiger charge is 2.23. The van der Waals surface area contributed by atoms with Gasteiger partial charge in [0.05, 0.1) is 12.8 Å². The number of hydrogen-bond donors (Lipinski definition) is 1. The SMILES string of the molecule is COc1ccc(-c2ccc3c(c2)NC(=O)C(C)O3)cc1. The van der Waals surface area contributed by atoms with E-state index >= 15 is 0 Å². The Morgan fingerprint density at radius 3 is 2.50 bits per heavy atom. The molecule has 0 fully saturated rings. The Bertz CT molecular complexity index is 649. The van der Waals surface area contributed by atoms with Crippen molar-refractivity contribution >= 4 is 11.6 Å². The Morgan fingerprint density at radius 1 is 1.10 bits per heavy atom. The number of fused-ring (bicyclic) bond motifs is 1. The average molecular weight is 269 g/mol. The summed E-state index contributed by atoms with van der Waals surface area (Å²) in [7, 11) is 1.64. The smallest absolute Gasteiger partial charge is 0.265 e. The van der Waals surface area contributed by atoms with Gasteiger partial charge in [-0.3, -0.25) is 4.79 Å². The standard InChI is InChI=1S/C16H15NO3/c1-10-16(18)17-14-9-12(5-8-15(14)20-10)11-3-6-13(19-2)7-4-11/h3-10H,1-2H3,(H,17,18). The third kappa shape index (κ3) is 2.20. The molecular formula is C16H15NO3. The van der Waals surface area contributed by atoms with Gasteiger partial charge in [0.1, 0.15) is 11.5 Å². The van der Waals surface area contributed by atoms with Crippen LogP contribution in [0.15, 0.2) is 42.5 Å². The molecule has 1 aliphatic rings. The van der Waals surface area contributed by atoms with Gasteiger partial charge in [0, 0.05) is 0 Å². The Balaban J connectivity index is 1.95. The Kier molecular flexibility index (Phi) is 3.06. The van der Waals surface area contributed by atoms with Crippen LogP contribution in [-0.2, 0) is 4.79 Å². The molecule has 1 heterocycles.